The fourth-order valence-corrected chi connectivity index (χ4v) is 2.44. The summed E-state index contributed by atoms with van der Waals surface area (Å²) in [5.41, 5.74) is 0.218. The highest BCUT2D eigenvalue weighted by Crippen LogP contribution is 2.20. The maximum absolute atomic E-state index is 5.32. The van der Waals surface area contributed by atoms with Gasteiger partial charge in [0.25, 0.3) is 0 Å². The van der Waals surface area contributed by atoms with Crippen molar-refractivity contribution in [2.24, 2.45) is 11.3 Å². The van der Waals surface area contributed by atoms with Crippen molar-refractivity contribution in [3.63, 3.8) is 0 Å². The second kappa shape index (κ2) is 5.83. The lowest BCUT2D eigenvalue weighted by molar-refractivity contribution is 0.320. The van der Waals surface area contributed by atoms with E-state index in [1.807, 2.05) is 0 Å². The molecule has 0 aliphatic carbocycles. The minimum absolute atomic E-state index is 0.218. The monoisotopic (exact) mass is 251 g/mol. The molecule has 1 fully saturated rings. The Balaban J connectivity index is 1.79. The average molecular weight is 251 g/mol. The summed E-state index contributed by atoms with van der Waals surface area (Å²) < 4.78 is 5.32. The molecule has 0 bridgehead atoms. The Morgan fingerprint density at radius 3 is 2.67 bits per heavy atom. The van der Waals surface area contributed by atoms with Crippen LogP contribution in [0.1, 0.15) is 51.7 Å². The number of hydrogen-bond acceptors (Lipinski definition) is 4. The van der Waals surface area contributed by atoms with E-state index in [1.54, 1.807) is 0 Å². The van der Waals surface area contributed by atoms with Gasteiger partial charge in [-0.3, -0.25) is 0 Å². The number of nitrogens with zero attached hydrogens (tertiary/aromatic N) is 2. The van der Waals surface area contributed by atoms with Crippen molar-refractivity contribution in [2.45, 2.75) is 52.9 Å². The molecule has 1 aliphatic heterocycles. The average Bonchev–Trinajstić information content (AvgIpc) is 2.73. The van der Waals surface area contributed by atoms with Crippen molar-refractivity contribution in [2.75, 3.05) is 13.1 Å². The van der Waals surface area contributed by atoms with Crippen LogP contribution in [0, 0.1) is 11.3 Å². The molecule has 4 heteroatoms. The van der Waals surface area contributed by atoms with Crippen molar-refractivity contribution < 1.29 is 4.52 Å². The molecule has 4 nitrogen and oxygen atoms in total. The molecular weight excluding hydrogens is 226 g/mol. The maximum atomic E-state index is 5.32. The summed E-state index contributed by atoms with van der Waals surface area (Å²) in [4.78, 5) is 4.49. The Hall–Kier alpha value is -0.900. The van der Waals surface area contributed by atoms with Gasteiger partial charge in [-0.15, -0.1) is 0 Å². The number of piperidine rings is 1. The van der Waals surface area contributed by atoms with E-state index in [4.69, 9.17) is 4.52 Å². The van der Waals surface area contributed by atoms with Crippen molar-refractivity contribution in [1.82, 2.24) is 15.5 Å². The van der Waals surface area contributed by atoms with Crippen LogP contribution in [-0.4, -0.2) is 23.2 Å². The smallest absolute Gasteiger partial charge is 0.226 e. The molecule has 0 saturated carbocycles. The molecule has 1 saturated heterocycles. The van der Waals surface area contributed by atoms with Gasteiger partial charge in [-0.2, -0.15) is 4.98 Å². The topological polar surface area (TPSA) is 51.0 Å². The second-order valence-electron chi connectivity index (χ2n) is 6.57. The van der Waals surface area contributed by atoms with Crippen LogP contribution in [0.2, 0.25) is 0 Å². The molecule has 0 radical (unpaired) electrons. The number of hydrogen-bond donors (Lipinski definition) is 1. The lowest BCUT2D eigenvalue weighted by Crippen LogP contribution is -2.27. The zero-order valence-electron chi connectivity index (χ0n) is 11.8. The molecule has 2 heterocycles. The molecule has 1 N–H and O–H groups in total. The molecule has 0 unspecified atom stereocenters. The van der Waals surface area contributed by atoms with Crippen molar-refractivity contribution in [3.05, 3.63) is 11.7 Å². The van der Waals surface area contributed by atoms with Gasteiger partial charge in [-0.25, -0.2) is 0 Å². The molecule has 1 aromatic rings. The lowest BCUT2D eigenvalue weighted by Gasteiger charge is -2.21. The van der Waals surface area contributed by atoms with E-state index in [9.17, 15) is 0 Å². The van der Waals surface area contributed by atoms with E-state index in [-0.39, 0.29) is 5.41 Å². The minimum Gasteiger partial charge on any atom is -0.339 e. The van der Waals surface area contributed by atoms with Crippen LogP contribution in [0.25, 0.3) is 0 Å². The summed E-state index contributed by atoms with van der Waals surface area (Å²) >= 11 is 0. The molecule has 2 rings (SSSR count). The number of nitrogens with one attached hydrogen (secondary N) is 1. The molecular formula is C14H25N3O. The summed E-state index contributed by atoms with van der Waals surface area (Å²) in [6, 6.07) is 0. The van der Waals surface area contributed by atoms with Gasteiger partial charge in [0.15, 0.2) is 5.82 Å². The van der Waals surface area contributed by atoms with Crippen LogP contribution < -0.4 is 5.32 Å². The summed E-state index contributed by atoms with van der Waals surface area (Å²) in [7, 11) is 0. The van der Waals surface area contributed by atoms with Crippen LogP contribution in [0.5, 0.6) is 0 Å². The molecule has 0 spiro atoms. The molecule has 0 atom stereocenters. The van der Waals surface area contributed by atoms with Crippen molar-refractivity contribution in [1.29, 1.82) is 0 Å². The minimum atomic E-state index is 0.218. The Morgan fingerprint density at radius 1 is 1.28 bits per heavy atom. The normalized spacial score (nSPS) is 18.2. The second-order valence-corrected chi connectivity index (χ2v) is 6.57. The van der Waals surface area contributed by atoms with Gasteiger partial charge in [0.05, 0.1) is 0 Å². The zero-order chi connectivity index (χ0) is 13.0. The highest BCUT2D eigenvalue weighted by atomic mass is 16.5. The van der Waals surface area contributed by atoms with E-state index in [2.05, 4.69) is 36.2 Å². The van der Waals surface area contributed by atoms with Crippen LogP contribution in [-0.2, 0) is 12.8 Å². The molecule has 1 aliphatic rings. The number of aryl methyl sites for hydroxylation is 1. The highest BCUT2D eigenvalue weighted by Gasteiger charge is 2.18. The fourth-order valence-electron chi connectivity index (χ4n) is 2.44. The third-order valence-corrected chi connectivity index (χ3v) is 3.42. The van der Waals surface area contributed by atoms with E-state index in [1.165, 1.54) is 19.3 Å². The first-order valence-corrected chi connectivity index (χ1v) is 7.05. The number of aromatic nitrogens is 2. The Labute approximate surface area is 110 Å². The van der Waals surface area contributed by atoms with Gasteiger partial charge in [0.1, 0.15) is 0 Å². The lowest BCUT2D eigenvalue weighted by atomic mass is 9.92. The van der Waals surface area contributed by atoms with E-state index in [0.717, 1.165) is 43.6 Å². The fraction of sp³-hybridized carbons (Fsp3) is 0.857. The van der Waals surface area contributed by atoms with Crippen LogP contribution in [0.15, 0.2) is 4.52 Å². The van der Waals surface area contributed by atoms with E-state index >= 15 is 0 Å². The van der Waals surface area contributed by atoms with Crippen LogP contribution >= 0.6 is 0 Å². The Morgan fingerprint density at radius 2 is 2.00 bits per heavy atom. The quantitative estimate of drug-likeness (QED) is 0.893. The maximum Gasteiger partial charge on any atom is 0.226 e. The number of rotatable bonds is 4. The summed E-state index contributed by atoms with van der Waals surface area (Å²) in [5.74, 6) is 2.49. The van der Waals surface area contributed by atoms with Gasteiger partial charge in [-0.1, -0.05) is 25.9 Å². The molecule has 1 aromatic heterocycles. The van der Waals surface area contributed by atoms with Crippen molar-refractivity contribution in [3.8, 4) is 0 Å². The Bertz CT molecular complexity index is 361. The van der Waals surface area contributed by atoms with E-state index in [0.29, 0.717) is 0 Å². The SMILES string of the molecule is CC(C)(C)Cc1noc(CCC2CCNCC2)n1. The highest BCUT2D eigenvalue weighted by molar-refractivity contribution is 4.90. The first-order chi connectivity index (χ1) is 8.53. The first kappa shape index (κ1) is 13.5. The van der Waals surface area contributed by atoms with Crippen LogP contribution in [0.3, 0.4) is 0 Å². The predicted octanol–water partition coefficient (Wildman–Crippen LogP) is 2.59. The molecule has 18 heavy (non-hydrogen) atoms. The summed E-state index contributed by atoms with van der Waals surface area (Å²) in [5, 5.41) is 7.46. The van der Waals surface area contributed by atoms with Crippen LogP contribution in [0.4, 0.5) is 0 Å². The predicted molar refractivity (Wildman–Crippen MR) is 71.4 cm³/mol. The zero-order valence-corrected chi connectivity index (χ0v) is 11.8. The van der Waals surface area contributed by atoms with Crippen molar-refractivity contribution >= 4 is 0 Å². The molecule has 0 amide bonds. The van der Waals surface area contributed by atoms with Gasteiger partial charge >= 0.3 is 0 Å². The van der Waals surface area contributed by atoms with E-state index < -0.39 is 0 Å². The van der Waals surface area contributed by atoms with Gasteiger partial charge in [0, 0.05) is 12.8 Å². The third-order valence-electron chi connectivity index (χ3n) is 3.42. The molecule has 102 valence electrons. The van der Waals surface area contributed by atoms with Gasteiger partial charge in [0.2, 0.25) is 5.89 Å². The Kier molecular flexibility index (Phi) is 4.38. The van der Waals surface area contributed by atoms with Gasteiger partial charge < -0.3 is 9.84 Å². The largest absolute Gasteiger partial charge is 0.339 e. The molecule has 0 aromatic carbocycles. The summed E-state index contributed by atoms with van der Waals surface area (Å²) in [6.07, 6.45) is 5.55. The standard InChI is InChI=1S/C14H25N3O/c1-14(2,3)10-12-16-13(18-17-12)5-4-11-6-8-15-9-7-11/h11,15H,4-10H2,1-3H3. The summed E-state index contributed by atoms with van der Waals surface area (Å²) in [6.45, 7) is 8.89. The first-order valence-electron chi connectivity index (χ1n) is 7.05. The third kappa shape index (κ3) is 4.41. The van der Waals surface area contributed by atoms with Gasteiger partial charge in [-0.05, 0) is 43.7 Å².